The molecule has 48 heavy (non-hydrogen) atoms. The van der Waals surface area contributed by atoms with Crippen LogP contribution < -0.4 is 0 Å². The van der Waals surface area contributed by atoms with E-state index in [1.54, 1.807) is 0 Å². The van der Waals surface area contributed by atoms with Crippen molar-refractivity contribution in [1.82, 2.24) is 0 Å². The molecule has 0 saturated carbocycles. The van der Waals surface area contributed by atoms with Gasteiger partial charge in [0.2, 0.25) is 0 Å². The first-order valence-electron chi connectivity index (χ1n) is 20.1. The molecule has 2 atom stereocenters. The summed E-state index contributed by atoms with van der Waals surface area (Å²) in [5.41, 5.74) is 0. The van der Waals surface area contributed by atoms with E-state index in [1.807, 2.05) is 0 Å². The molecule has 0 spiro atoms. The van der Waals surface area contributed by atoms with Gasteiger partial charge in [0.15, 0.2) is 12.2 Å². The lowest BCUT2D eigenvalue weighted by molar-refractivity contribution is -0.173. The van der Waals surface area contributed by atoms with E-state index in [4.69, 9.17) is 9.47 Å². The van der Waals surface area contributed by atoms with Crippen LogP contribution in [-0.2, 0) is 28.7 Å². The van der Waals surface area contributed by atoms with Crippen LogP contribution in [0.4, 0.5) is 0 Å². The van der Waals surface area contributed by atoms with E-state index in [1.165, 1.54) is 128 Å². The van der Waals surface area contributed by atoms with Crippen LogP contribution in [0.3, 0.4) is 0 Å². The van der Waals surface area contributed by atoms with E-state index in [0.717, 1.165) is 63.9 Å². The number of carbonyl (C=O) groups is 4. The number of ether oxygens (including phenoxy) is 2. The molecule has 0 aromatic carbocycles. The van der Waals surface area contributed by atoms with Crippen LogP contribution in [0.15, 0.2) is 0 Å². The number of unbranched alkanes of at least 4 members (excludes halogenated alkanes) is 30. The number of aliphatic hydroxyl groups is 2. The number of hydrogen-bond donors (Lipinski definition) is 2. The average molecular weight is 683 g/mol. The fourth-order valence-electron chi connectivity index (χ4n) is 6.03. The molecule has 8 nitrogen and oxygen atoms in total. The van der Waals surface area contributed by atoms with E-state index >= 15 is 0 Å². The fraction of sp³-hybridized carbons (Fsp3) is 0.900. The first-order chi connectivity index (χ1) is 23.5. The molecule has 0 saturated heterocycles. The number of carbonyl (C=O) groups excluding carboxylic acids is 4. The highest BCUT2D eigenvalue weighted by Gasteiger charge is 2.32. The standard InChI is InChI=1S/C40H74O8/c41-33-29-25-21-17-13-9-5-1-3-7-11-15-19-23-27-31-35-47-39(45)37(43)38(44)40(46)48-36-32-28-24-20-16-12-8-4-2-6-10-14-18-22-26-30-34-42/h33-34,37-38,43-44H,1-32,35-36H2. The summed E-state index contributed by atoms with van der Waals surface area (Å²) in [7, 11) is 0. The maximum absolute atomic E-state index is 12.0. The molecule has 0 aliphatic heterocycles. The molecule has 0 aromatic heterocycles. The number of hydrogen-bond acceptors (Lipinski definition) is 8. The number of aldehydes is 2. The van der Waals surface area contributed by atoms with Crippen molar-refractivity contribution >= 4 is 24.5 Å². The lowest BCUT2D eigenvalue weighted by atomic mass is 10.0. The molecule has 0 aliphatic carbocycles. The fourth-order valence-corrected chi connectivity index (χ4v) is 6.03. The van der Waals surface area contributed by atoms with Crippen LogP contribution in [0.25, 0.3) is 0 Å². The number of rotatable bonds is 39. The summed E-state index contributed by atoms with van der Waals surface area (Å²) in [5, 5.41) is 20.0. The van der Waals surface area contributed by atoms with Crippen LogP contribution in [0, 0.1) is 0 Å². The van der Waals surface area contributed by atoms with Crippen molar-refractivity contribution in [3.8, 4) is 0 Å². The molecule has 0 heterocycles. The van der Waals surface area contributed by atoms with Gasteiger partial charge in [-0.25, -0.2) is 9.59 Å². The lowest BCUT2D eigenvalue weighted by Gasteiger charge is -2.16. The van der Waals surface area contributed by atoms with E-state index in [-0.39, 0.29) is 13.2 Å². The van der Waals surface area contributed by atoms with Crippen molar-refractivity contribution in [2.45, 2.75) is 218 Å². The Labute approximate surface area is 293 Å². The van der Waals surface area contributed by atoms with Crippen molar-refractivity contribution < 1.29 is 38.9 Å². The SMILES string of the molecule is O=CCCCCCCCCCCCCCCCCCOC(=O)C(O)C(O)C(=O)OCCCCCCCCCCCCCCCCCC=O. The summed E-state index contributed by atoms with van der Waals surface area (Å²) in [6.07, 6.45) is 34.8. The van der Waals surface area contributed by atoms with Gasteiger partial charge in [-0.2, -0.15) is 0 Å². The first-order valence-corrected chi connectivity index (χ1v) is 20.1. The zero-order chi connectivity index (χ0) is 35.2. The van der Waals surface area contributed by atoms with Gasteiger partial charge in [-0.3, -0.25) is 0 Å². The van der Waals surface area contributed by atoms with E-state index in [9.17, 15) is 29.4 Å². The third-order valence-electron chi connectivity index (χ3n) is 9.20. The summed E-state index contributed by atoms with van der Waals surface area (Å²) >= 11 is 0. The monoisotopic (exact) mass is 683 g/mol. The second kappa shape index (κ2) is 38.0. The second-order valence-electron chi connectivity index (χ2n) is 13.7. The lowest BCUT2D eigenvalue weighted by Crippen LogP contribution is -2.41. The molecule has 0 rings (SSSR count). The van der Waals surface area contributed by atoms with Crippen LogP contribution in [0.5, 0.6) is 0 Å². The Morgan fingerprint density at radius 2 is 0.542 bits per heavy atom. The van der Waals surface area contributed by atoms with Crippen LogP contribution in [0.1, 0.15) is 205 Å². The molecule has 0 fully saturated rings. The molecule has 0 aromatic rings. The molecule has 282 valence electrons. The average Bonchev–Trinajstić information content (AvgIpc) is 3.09. The molecule has 8 heteroatoms. The van der Waals surface area contributed by atoms with Crippen LogP contribution in [-0.4, -0.2) is 60.1 Å². The third kappa shape index (κ3) is 32.7. The van der Waals surface area contributed by atoms with Crippen LogP contribution >= 0.6 is 0 Å². The van der Waals surface area contributed by atoms with Gasteiger partial charge < -0.3 is 29.3 Å². The number of esters is 2. The highest BCUT2D eigenvalue weighted by atomic mass is 16.6. The molecular formula is C40H74O8. The summed E-state index contributed by atoms with van der Waals surface area (Å²) in [5.74, 6) is -1.97. The Bertz CT molecular complexity index is 668. The maximum Gasteiger partial charge on any atom is 0.338 e. The third-order valence-corrected chi connectivity index (χ3v) is 9.20. The summed E-state index contributed by atoms with van der Waals surface area (Å²) in [4.78, 5) is 44.7. The van der Waals surface area contributed by atoms with Gasteiger partial charge in [-0.15, -0.1) is 0 Å². The molecular weight excluding hydrogens is 608 g/mol. The predicted molar refractivity (Wildman–Crippen MR) is 194 cm³/mol. The van der Waals surface area contributed by atoms with Crippen LogP contribution in [0.2, 0.25) is 0 Å². The van der Waals surface area contributed by atoms with E-state index in [0.29, 0.717) is 25.7 Å². The Kier molecular flexibility index (Phi) is 36.6. The molecule has 0 aliphatic rings. The minimum absolute atomic E-state index is 0.166. The van der Waals surface area contributed by atoms with Gasteiger partial charge in [-0.05, 0) is 25.7 Å². The summed E-state index contributed by atoms with van der Waals surface area (Å²) in [6, 6.07) is 0. The van der Waals surface area contributed by atoms with Gasteiger partial charge in [0.25, 0.3) is 0 Å². The molecule has 0 radical (unpaired) electrons. The zero-order valence-electron chi connectivity index (χ0n) is 30.7. The summed E-state index contributed by atoms with van der Waals surface area (Å²) in [6.45, 7) is 0.333. The first kappa shape index (κ1) is 46.2. The molecule has 0 amide bonds. The van der Waals surface area contributed by atoms with Gasteiger partial charge in [0.1, 0.15) is 12.6 Å². The quantitative estimate of drug-likeness (QED) is 0.0373. The molecule has 2 N–H and O–H groups in total. The second-order valence-corrected chi connectivity index (χ2v) is 13.7. The Balaban J connectivity index is 3.49. The topological polar surface area (TPSA) is 127 Å². The van der Waals surface area contributed by atoms with Crippen molar-refractivity contribution in [1.29, 1.82) is 0 Å². The van der Waals surface area contributed by atoms with Crippen molar-refractivity contribution in [2.24, 2.45) is 0 Å². The largest absolute Gasteiger partial charge is 0.464 e. The van der Waals surface area contributed by atoms with E-state index < -0.39 is 24.1 Å². The van der Waals surface area contributed by atoms with Crippen molar-refractivity contribution in [3.05, 3.63) is 0 Å². The molecule has 0 bridgehead atoms. The normalized spacial score (nSPS) is 12.5. The van der Waals surface area contributed by atoms with Gasteiger partial charge in [0, 0.05) is 12.8 Å². The maximum atomic E-state index is 12.0. The number of aliphatic hydroxyl groups excluding tert-OH is 2. The Morgan fingerprint density at radius 1 is 0.354 bits per heavy atom. The predicted octanol–water partition coefficient (Wildman–Crippen LogP) is 9.68. The molecule has 2 unspecified atom stereocenters. The Hall–Kier alpha value is -1.80. The highest BCUT2D eigenvalue weighted by molar-refractivity contribution is 5.85. The Morgan fingerprint density at radius 3 is 0.750 bits per heavy atom. The summed E-state index contributed by atoms with van der Waals surface area (Å²) < 4.78 is 10.1. The minimum atomic E-state index is -1.93. The van der Waals surface area contributed by atoms with E-state index in [2.05, 4.69) is 0 Å². The minimum Gasteiger partial charge on any atom is -0.464 e. The zero-order valence-corrected chi connectivity index (χ0v) is 30.7. The van der Waals surface area contributed by atoms with Crippen molar-refractivity contribution in [3.63, 3.8) is 0 Å². The smallest absolute Gasteiger partial charge is 0.338 e. The highest BCUT2D eigenvalue weighted by Crippen LogP contribution is 2.15. The van der Waals surface area contributed by atoms with Crippen molar-refractivity contribution in [2.75, 3.05) is 13.2 Å². The van der Waals surface area contributed by atoms with Gasteiger partial charge in [-0.1, -0.05) is 167 Å². The van der Waals surface area contributed by atoms with Gasteiger partial charge in [0.05, 0.1) is 13.2 Å². The van der Waals surface area contributed by atoms with Gasteiger partial charge >= 0.3 is 11.9 Å².